The van der Waals surface area contributed by atoms with Crippen LogP contribution in [0.2, 0.25) is 0 Å². The Kier molecular flexibility index (Phi) is 4.03. The summed E-state index contributed by atoms with van der Waals surface area (Å²) in [4.78, 5) is 0. The van der Waals surface area contributed by atoms with Crippen molar-refractivity contribution in [3.63, 3.8) is 0 Å². The van der Waals surface area contributed by atoms with Crippen LogP contribution in [0.1, 0.15) is 19.4 Å². The Morgan fingerprint density at radius 1 is 1.27 bits per heavy atom. The molecule has 84 valence electrons. The quantitative estimate of drug-likeness (QED) is 0.836. The third kappa shape index (κ3) is 3.16. The maximum Gasteiger partial charge on any atom is 0.162 e. The summed E-state index contributed by atoms with van der Waals surface area (Å²) in [5.41, 5.74) is 5.98. The van der Waals surface area contributed by atoms with Crippen molar-refractivity contribution >= 4 is 0 Å². The van der Waals surface area contributed by atoms with Gasteiger partial charge in [-0.05, 0) is 38.4 Å². The lowest BCUT2D eigenvalue weighted by Gasteiger charge is -2.14. The zero-order valence-electron chi connectivity index (χ0n) is 8.89. The van der Waals surface area contributed by atoms with Crippen molar-refractivity contribution in [2.75, 3.05) is 6.54 Å². The molecule has 0 aliphatic heterocycles. The van der Waals surface area contributed by atoms with Gasteiger partial charge in [-0.2, -0.15) is 0 Å². The Balaban J connectivity index is 3.04. The van der Waals surface area contributed by atoms with Crippen molar-refractivity contribution in [3.8, 4) is 5.75 Å². The summed E-state index contributed by atoms with van der Waals surface area (Å²) in [5.74, 6) is -1.39. The van der Waals surface area contributed by atoms with E-state index in [2.05, 4.69) is 0 Å². The second-order valence-corrected chi connectivity index (χ2v) is 3.58. The third-order valence-electron chi connectivity index (χ3n) is 1.88. The van der Waals surface area contributed by atoms with Gasteiger partial charge in [-0.1, -0.05) is 0 Å². The molecule has 1 rings (SSSR count). The molecule has 0 aromatic heterocycles. The number of ether oxygens (including phenoxy) is 1. The Morgan fingerprint density at radius 2 is 1.87 bits per heavy atom. The van der Waals surface area contributed by atoms with E-state index in [1.54, 1.807) is 0 Å². The van der Waals surface area contributed by atoms with Crippen molar-refractivity contribution < 1.29 is 13.5 Å². The van der Waals surface area contributed by atoms with Gasteiger partial charge in [-0.25, -0.2) is 8.78 Å². The van der Waals surface area contributed by atoms with Crippen molar-refractivity contribution in [2.24, 2.45) is 5.73 Å². The van der Waals surface area contributed by atoms with E-state index in [0.717, 1.165) is 12.1 Å². The fourth-order valence-electron chi connectivity index (χ4n) is 1.28. The van der Waals surface area contributed by atoms with Gasteiger partial charge in [-0.3, -0.25) is 0 Å². The highest BCUT2D eigenvalue weighted by molar-refractivity contribution is 5.35. The summed E-state index contributed by atoms with van der Waals surface area (Å²) < 4.78 is 31.3. The first-order chi connectivity index (χ1) is 7.04. The van der Waals surface area contributed by atoms with Gasteiger partial charge in [-0.15, -0.1) is 0 Å². The van der Waals surface area contributed by atoms with E-state index in [-0.39, 0.29) is 6.10 Å². The molecule has 1 aromatic carbocycles. The van der Waals surface area contributed by atoms with Gasteiger partial charge in [0.1, 0.15) is 5.75 Å². The summed E-state index contributed by atoms with van der Waals surface area (Å²) in [7, 11) is 0. The van der Waals surface area contributed by atoms with Gasteiger partial charge >= 0.3 is 0 Å². The minimum atomic E-state index is -0.897. The summed E-state index contributed by atoms with van der Waals surface area (Å²) in [6, 6.07) is 2.21. The molecule has 15 heavy (non-hydrogen) atoms. The molecule has 1 aromatic rings. The Hall–Kier alpha value is -1.16. The monoisotopic (exact) mass is 215 g/mol. The largest absolute Gasteiger partial charge is 0.491 e. The number of hydrogen-bond donors (Lipinski definition) is 1. The average Bonchev–Trinajstić information content (AvgIpc) is 2.13. The molecule has 0 atom stereocenters. The minimum Gasteiger partial charge on any atom is -0.491 e. The van der Waals surface area contributed by atoms with E-state index >= 15 is 0 Å². The minimum absolute atomic E-state index is 0.0774. The lowest BCUT2D eigenvalue weighted by molar-refractivity contribution is 0.238. The zero-order chi connectivity index (χ0) is 11.4. The predicted molar refractivity (Wildman–Crippen MR) is 54.9 cm³/mol. The van der Waals surface area contributed by atoms with Crippen molar-refractivity contribution in [2.45, 2.75) is 26.4 Å². The second kappa shape index (κ2) is 5.07. The second-order valence-electron chi connectivity index (χ2n) is 3.58. The number of rotatable bonds is 4. The highest BCUT2D eigenvalue weighted by Crippen LogP contribution is 2.23. The van der Waals surface area contributed by atoms with E-state index in [1.807, 2.05) is 13.8 Å². The van der Waals surface area contributed by atoms with Gasteiger partial charge in [0.2, 0.25) is 0 Å². The van der Waals surface area contributed by atoms with Crippen LogP contribution in [0.3, 0.4) is 0 Å². The third-order valence-corrected chi connectivity index (χ3v) is 1.88. The first-order valence-electron chi connectivity index (χ1n) is 4.89. The van der Waals surface area contributed by atoms with E-state index < -0.39 is 11.6 Å². The molecular formula is C11H15F2NO. The van der Waals surface area contributed by atoms with Crippen molar-refractivity contribution in [1.82, 2.24) is 0 Å². The molecule has 4 heteroatoms. The van der Waals surface area contributed by atoms with Crippen LogP contribution < -0.4 is 10.5 Å². The highest BCUT2D eigenvalue weighted by atomic mass is 19.2. The van der Waals surface area contributed by atoms with Crippen LogP contribution in [0.5, 0.6) is 5.75 Å². The average molecular weight is 215 g/mol. The maximum absolute atomic E-state index is 13.0. The van der Waals surface area contributed by atoms with Crippen LogP contribution in [0.4, 0.5) is 8.78 Å². The van der Waals surface area contributed by atoms with E-state index in [1.165, 1.54) is 0 Å². The summed E-state index contributed by atoms with van der Waals surface area (Å²) in [5, 5.41) is 0. The highest BCUT2D eigenvalue weighted by Gasteiger charge is 2.11. The molecule has 0 radical (unpaired) electrons. The number of benzene rings is 1. The van der Waals surface area contributed by atoms with Gasteiger partial charge in [0.25, 0.3) is 0 Å². The fourth-order valence-corrected chi connectivity index (χ4v) is 1.28. The van der Waals surface area contributed by atoms with E-state index in [4.69, 9.17) is 10.5 Å². The molecular weight excluding hydrogens is 200 g/mol. The Morgan fingerprint density at radius 3 is 2.40 bits per heavy atom. The fraction of sp³-hybridized carbons (Fsp3) is 0.455. The number of nitrogens with two attached hydrogens (primary N) is 1. The van der Waals surface area contributed by atoms with Crippen LogP contribution in [-0.4, -0.2) is 12.6 Å². The number of halogens is 2. The van der Waals surface area contributed by atoms with Crippen LogP contribution in [-0.2, 0) is 6.42 Å². The summed E-state index contributed by atoms with van der Waals surface area (Å²) >= 11 is 0. The molecule has 0 saturated heterocycles. The lowest BCUT2D eigenvalue weighted by Crippen LogP contribution is -2.11. The molecule has 0 heterocycles. The summed E-state index contributed by atoms with van der Waals surface area (Å²) in [6.45, 7) is 4.03. The molecule has 0 bridgehead atoms. The molecule has 0 aliphatic rings. The maximum atomic E-state index is 13.0. The normalized spacial score (nSPS) is 10.8. The standard InChI is InChI=1S/C11H15F2NO/c1-7(2)15-11-6-10(13)9(12)5-8(11)3-4-14/h5-7H,3-4,14H2,1-2H3. The first kappa shape index (κ1) is 11.9. The Bertz CT molecular complexity index is 340. The van der Waals surface area contributed by atoms with Crippen molar-refractivity contribution in [3.05, 3.63) is 29.3 Å². The van der Waals surface area contributed by atoms with Crippen LogP contribution in [0, 0.1) is 11.6 Å². The molecule has 0 fully saturated rings. The van der Waals surface area contributed by atoms with Gasteiger partial charge in [0.15, 0.2) is 11.6 Å². The van der Waals surface area contributed by atoms with Crippen LogP contribution >= 0.6 is 0 Å². The topological polar surface area (TPSA) is 35.2 Å². The molecule has 0 spiro atoms. The van der Waals surface area contributed by atoms with Gasteiger partial charge in [0.05, 0.1) is 6.10 Å². The molecule has 0 unspecified atom stereocenters. The molecule has 2 N–H and O–H groups in total. The predicted octanol–water partition coefficient (Wildman–Crippen LogP) is 2.25. The number of hydrogen-bond acceptors (Lipinski definition) is 2. The smallest absolute Gasteiger partial charge is 0.162 e. The van der Waals surface area contributed by atoms with Gasteiger partial charge in [0, 0.05) is 6.07 Å². The summed E-state index contributed by atoms with van der Waals surface area (Å²) in [6.07, 6.45) is 0.394. The van der Waals surface area contributed by atoms with E-state index in [0.29, 0.717) is 24.3 Å². The van der Waals surface area contributed by atoms with E-state index in [9.17, 15) is 8.78 Å². The SMILES string of the molecule is CC(C)Oc1cc(F)c(F)cc1CCN. The zero-order valence-corrected chi connectivity index (χ0v) is 8.89. The molecule has 2 nitrogen and oxygen atoms in total. The Labute approximate surface area is 88.0 Å². The molecule has 0 saturated carbocycles. The lowest BCUT2D eigenvalue weighted by atomic mass is 10.1. The molecule has 0 amide bonds. The van der Waals surface area contributed by atoms with Crippen molar-refractivity contribution in [1.29, 1.82) is 0 Å². The molecule has 0 aliphatic carbocycles. The van der Waals surface area contributed by atoms with Crippen LogP contribution in [0.25, 0.3) is 0 Å². The van der Waals surface area contributed by atoms with Gasteiger partial charge < -0.3 is 10.5 Å². The van der Waals surface area contributed by atoms with Crippen LogP contribution in [0.15, 0.2) is 12.1 Å². The first-order valence-corrected chi connectivity index (χ1v) is 4.89.